The quantitative estimate of drug-likeness (QED) is 0.645. The highest BCUT2D eigenvalue weighted by atomic mass is 32.2. The number of rotatable bonds is 3. The normalized spacial score (nSPS) is 30.7. The largest absolute Gasteiger partial charge is 0.168 e. The maximum Gasteiger partial charge on any atom is 0.0844 e. The van der Waals surface area contributed by atoms with Gasteiger partial charge in [-0.15, -0.1) is 35.3 Å². The van der Waals surface area contributed by atoms with Crippen molar-refractivity contribution in [2.24, 2.45) is 0 Å². The lowest BCUT2D eigenvalue weighted by molar-refractivity contribution is 1.02. The average molecular weight is 275 g/mol. The van der Waals surface area contributed by atoms with Crippen LogP contribution in [0.1, 0.15) is 12.5 Å². The Morgan fingerprint density at radius 2 is 2.20 bits per heavy atom. The van der Waals surface area contributed by atoms with Gasteiger partial charge >= 0.3 is 0 Å². The lowest BCUT2D eigenvalue weighted by Gasteiger charge is -2.22. The molecule has 2 atom stereocenters. The molecule has 0 bridgehead atoms. The Bertz CT molecular complexity index is 314. The molecule has 1 aromatic carbocycles. The maximum atomic E-state index is 4.28. The molecular weight excluding hydrogens is 260 g/mol. The molecule has 0 amide bonds. The number of hydrogen-bond donors (Lipinski definition) is 1. The number of thiol groups is 1. The molecule has 0 spiro atoms. The van der Waals surface area contributed by atoms with Crippen LogP contribution in [0.4, 0.5) is 0 Å². The van der Waals surface area contributed by atoms with Gasteiger partial charge in [-0.25, -0.2) is 0 Å². The first-order chi connectivity index (χ1) is 7.24. The Balaban J connectivity index is 2.10. The van der Waals surface area contributed by atoms with Crippen molar-refractivity contribution in [1.82, 2.24) is 0 Å². The Labute approximate surface area is 110 Å². The summed E-state index contributed by atoms with van der Waals surface area (Å²) >= 11 is 10.3. The summed E-state index contributed by atoms with van der Waals surface area (Å²) < 4.78 is 0.930. The smallest absolute Gasteiger partial charge is 0.0844 e. The molecule has 2 unspecified atom stereocenters. The van der Waals surface area contributed by atoms with Crippen molar-refractivity contribution in [2.45, 2.75) is 15.6 Å². The monoisotopic (exact) mass is 274 g/mol. The SMILES string of the molecule is CC1(c2ccccc2)SCC(SCS)S1. The minimum Gasteiger partial charge on any atom is -0.168 e. The predicted molar refractivity (Wildman–Crippen MR) is 79.1 cm³/mol. The van der Waals surface area contributed by atoms with E-state index in [4.69, 9.17) is 0 Å². The molecule has 4 heteroatoms. The molecule has 0 N–H and O–H groups in total. The highest BCUT2D eigenvalue weighted by Gasteiger charge is 2.37. The van der Waals surface area contributed by atoms with E-state index in [1.165, 1.54) is 11.3 Å². The van der Waals surface area contributed by atoms with Crippen molar-refractivity contribution in [2.75, 3.05) is 10.8 Å². The molecule has 2 rings (SSSR count). The zero-order chi connectivity index (χ0) is 10.7. The van der Waals surface area contributed by atoms with E-state index < -0.39 is 0 Å². The molecule has 0 aromatic heterocycles. The Morgan fingerprint density at radius 1 is 1.47 bits per heavy atom. The Kier molecular flexibility index (Phi) is 4.27. The fourth-order valence-electron chi connectivity index (χ4n) is 1.60. The zero-order valence-electron chi connectivity index (χ0n) is 8.55. The molecule has 1 fully saturated rings. The third-order valence-electron chi connectivity index (χ3n) is 2.41. The first kappa shape index (κ1) is 12.1. The molecule has 15 heavy (non-hydrogen) atoms. The van der Waals surface area contributed by atoms with E-state index in [9.17, 15) is 0 Å². The van der Waals surface area contributed by atoms with Crippen LogP contribution in [0.2, 0.25) is 0 Å². The summed E-state index contributed by atoms with van der Waals surface area (Å²) in [6.07, 6.45) is 0. The van der Waals surface area contributed by atoms with Crippen molar-refractivity contribution in [3.05, 3.63) is 35.9 Å². The van der Waals surface area contributed by atoms with E-state index in [2.05, 4.69) is 73.4 Å². The highest BCUT2D eigenvalue weighted by molar-refractivity contribution is 8.29. The number of thioether (sulfide) groups is 3. The van der Waals surface area contributed by atoms with Crippen molar-refractivity contribution in [3.63, 3.8) is 0 Å². The first-order valence-electron chi connectivity index (χ1n) is 4.84. The Morgan fingerprint density at radius 3 is 2.87 bits per heavy atom. The number of benzene rings is 1. The molecule has 1 aliphatic rings. The van der Waals surface area contributed by atoms with Crippen LogP contribution < -0.4 is 0 Å². The summed E-state index contributed by atoms with van der Waals surface area (Å²) in [5, 5.41) is 0.920. The van der Waals surface area contributed by atoms with Crippen LogP contribution in [0.3, 0.4) is 0 Å². The second kappa shape index (κ2) is 5.30. The minimum absolute atomic E-state index is 0.238. The second-order valence-corrected chi connectivity index (χ2v) is 9.02. The van der Waals surface area contributed by atoms with Crippen LogP contribution >= 0.6 is 47.9 Å². The fraction of sp³-hybridized carbons (Fsp3) is 0.455. The second-order valence-electron chi connectivity index (χ2n) is 3.47. The molecular formula is C11H14S4. The summed E-state index contributed by atoms with van der Waals surface area (Å²) in [7, 11) is 0. The van der Waals surface area contributed by atoms with Crippen molar-refractivity contribution in [1.29, 1.82) is 0 Å². The third-order valence-corrected chi connectivity index (χ3v) is 7.71. The highest BCUT2D eigenvalue weighted by Crippen LogP contribution is 2.57. The summed E-state index contributed by atoms with van der Waals surface area (Å²) in [4.78, 5) is 0. The van der Waals surface area contributed by atoms with Crippen LogP contribution in [-0.2, 0) is 4.08 Å². The predicted octanol–water partition coefficient (Wildman–Crippen LogP) is 4.29. The summed E-state index contributed by atoms with van der Waals surface area (Å²) in [6.45, 7) is 2.33. The van der Waals surface area contributed by atoms with E-state index in [-0.39, 0.29) is 4.08 Å². The molecule has 0 radical (unpaired) electrons. The van der Waals surface area contributed by atoms with E-state index in [0.29, 0.717) is 4.58 Å². The molecule has 82 valence electrons. The van der Waals surface area contributed by atoms with E-state index >= 15 is 0 Å². The van der Waals surface area contributed by atoms with Gasteiger partial charge in [0.05, 0.1) is 8.66 Å². The van der Waals surface area contributed by atoms with Gasteiger partial charge in [0, 0.05) is 10.8 Å². The summed E-state index contributed by atoms with van der Waals surface area (Å²) in [5.74, 6) is 1.22. The van der Waals surface area contributed by atoms with Crippen molar-refractivity contribution in [3.8, 4) is 0 Å². The topological polar surface area (TPSA) is 0 Å². The molecule has 0 saturated carbocycles. The fourth-order valence-corrected chi connectivity index (χ4v) is 7.27. The van der Waals surface area contributed by atoms with Gasteiger partial charge in [0.1, 0.15) is 0 Å². The zero-order valence-corrected chi connectivity index (χ0v) is 11.9. The van der Waals surface area contributed by atoms with Crippen LogP contribution in [0, 0.1) is 0 Å². The molecule has 1 heterocycles. The van der Waals surface area contributed by atoms with Gasteiger partial charge < -0.3 is 0 Å². The standard InChI is InChI=1S/C11H14S4/c1-11(9-5-3-2-4-6-9)14-7-10(15-11)13-8-12/h2-6,10,12H,7-8H2,1H3. The van der Waals surface area contributed by atoms with Gasteiger partial charge in [0.25, 0.3) is 0 Å². The van der Waals surface area contributed by atoms with Gasteiger partial charge in [0.2, 0.25) is 0 Å². The molecule has 0 aliphatic carbocycles. The van der Waals surface area contributed by atoms with Crippen molar-refractivity contribution >= 4 is 47.9 Å². The van der Waals surface area contributed by atoms with Crippen LogP contribution in [0.15, 0.2) is 30.3 Å². The lowest BCUT2D eigenvalue weighted by atomic mass is 10.2. The van der Waals surface area contributed by atoms with E-state index in [1.807, 2.05) is 11.8 Å². The number of hydrogen-bond acceptors (Lipinski definition) is 4. The van der Waals surface area contributed by atoms with E-state index in [1.54, 1.807) is 0 Å². The third kappa shape index (κ3) is 2.84. The Hall–Kier alpha value is 0.620. The van der Waals surface area contributed by atoms with Gasteiger partial charge in [-0.1, -0.05) is 30.3 Å². The summed E-state index contributed by atoms with van der Waals surface area (Å²) in [6, 6.07) is 10.8. The summed E-state index contributed by atoms with van der Waals surface area (Å²) in [5.41, 5.74) is 1.43. The lowest BCUT2D eigenvalue weighted by Crippen LogP contribution is -2.08. The van der Waals surface area contributed by atoms with E-state index in [0.717, 1.165) is 5.08 Å². The van der Waals surface area contributed by atoms with Crippen molar-refractivity contribution < 1.29 is 0 Å². The first-order valence-corrected chi connectivity index (χ1v) is 8.39. The van der Waals surface area contributed by atoms with Gasteiger partial charge in [-0.3, -0.25) is 0 Å². The minimum atomic E-state index is 0.238. The van der Waals surface area contributed by atoms with Gasteiger partial charge in [-0.05, 0) is 12.5 Å². The maximum absolute atomic E-state index is 4.28. The molecule has 1 aliphatic heterocycles. The average Bonchev–Trinajstić information content (AvgIpc) is 2.64. The van der Waals surface area contributed by atoms with Crippen LogP contribution in [0.25, 0.3) is 0 Å². The van der Waals surface area contributed by atoms with Gasteiger partial charge in [0.15, 0.2) is 0 Å². The molecule has 1 saturated heterocycles. The van der Waals surface area contributed by atoms with Gasteiger partial charge in [-0.2, -0.15) is 12.6 Å². The molecule has 1 aromatic rings. The molecule has 0 nitrogen and oxygen atoms in total. The van der Waals surface area contributed by atoms with Crippen LogP contribution in [-0.4, -0.2) is 15.4 Å². The van der Waals surface area contributed by atoms with Crippen LogP contribution in [0.5, 0.6) is 0 Å².